The minimum atomic E-state index is -0.155. The lowest BCUT2D eigenvalue weighted by Crippen LogP contribution is -2.15. The van der Waals surface area contributed by atoms with Crippen LogP contribution in [0.2, 0.25) is 0 Å². The summed E-state index contributed by atoms with van der Waals surface area (Å²) in [7, 11) is 0. The minimum absolute atomic E-state index is 0.155. The quantitative estimate of drug-likeness (QED) is 0.220. The fraction of sp³-hybridized carbons (Fsp3) is 0.0769. The first-order valence-electron chi connectivity index (χ1n) is 14.5. The largest absolute Gasteiger partial charge is 0.278 e. The van der Waals surface area contributed by atoms with Crippen LogP contribution in [0.1, 0.15) is 25.0 Å². The highest BCUT2D eigenvalue weighted by atomic mass is 15.2. The van der Waals surface area contributed by atoms with E-state index in [0.29, 0.717) is 5.95 Å². The predicted molar refractivity (Wildman–Crippen MR) is 174 cm³/mol. The molecule has 6 aromatic carbocycles. The summed E-state index contributed by atoms with van der Waals surface area (Å²) in [6, 6.07) is 43.6. The van der Waals surface area contributed by atoms with Gasteiger partial charge in [-0.05, 0) is 62.4 Å². The number of benzene rings is 6. The second-order valence-corrected chi connectivity index (χ2v) is 11.9. The molecule has 0 saturated heterocycles. The van der Waals surface area contributed by atoms with Gasteiger partial charge in [-0.3, -0.25) is 4.57 Å². The second-order valence-electron chi connectivity index (χ2n) is 11.9. The first kappa shape index (κ1) is 23.4. The third-order valence-electron chi connectivity index (χ3n) is 9.21. The number of para-hydroxylation sites is 1. The zero-order chi connectivity index (χ0) is 28.0. The molecule has 1 aliphatic carbocycles. The van der Waals surface area contributed by atoms with Crippen LogP contribution < -0.4 is 0 Å². The molecule has 0 N–H and O–H groups in total. The highest BCUT2D eigenvalue weighted by molar-refractivity contribution is 6.16. The molecular formula is C39H27N3. The normalized spacial score (nSPS) is 13.7. The van der Waals surface area contributed by atoms with Crippen molar-refractivity contribution in [1.82, 2.24) is 14.5 Å². The van der Waals surface area contributed by atoms with Crippen molar-refractivity contribution in [3.63, 3.8) is 0 Å². The summed E-state index contributed by atoms with van der Waals surface area (Å²) in [4.78, 5) is 10.1. The summed E-state index contributed by atoms with van der Waals surface area (Å²) >= 11 is 0. The van der Waals surface area contributed by atoms with Crippen LogP contribution in [0, 0.1) is 0 Å². The average molecular weight is 538 g/mol. The van der Waals surface area contributed by atoms with Crippen molar-refractivity contribution < 1.29 is 0 Å². The van der Waals surface area contributed by atoms with Gasteiger partial charge in [0.2, 0.25) is 5.95 Å². The van der Waals surface area contributed by atoms with Crippen molar-refractivity contribution in [3.8, 4) is 28.2 Å². The highest BCUT2D eigenvalue weighted by Crippen LogP contribution is 2.55. The number of fused-ring (bicyclic) bond motifs is 10. The van der Waals surface area contributed by atoms with Crippen molar-refractivity contribution in [2.24, 2.45) is 0 Å². The van der Waals surface area contributed by atoms with E-state index in [1.807, 2.05) is 12.3 Å². The van der Waals surface area contributed by atoms with Crippen LogP contribution in [0.25, 0.3) is 71.7 Å². The Kier molecular flexibility index (Phi) is 4.67. The van der Waals surface area contributed by atoms with Crippen molar-refractivity contribution in [2.45, 2.75) is 19.3 Å². The van der Waals surface area contributed by atoms with E-state index >= 15 is 0 Å². The Morgan fingerprint density at radius 3 is 2.26 bits per heavy atom. The molecule has 3 heteroatoms. The van der Waals surface area contributed by atoms with Gasteiger partial charge in [0.05, 0.1) is 16.6 Å². The maximum atomic E-state index is 5.17. The van der Waals surface area contributed by atoms with Gasteiger partial charge >= 0.3 is 0 Å². The van der Waals surface area contributed by atoms with Crippen LogP contribution in [0.4, 0.5) is 0 Å². The van der Waals surface area contributed by atoms with Crippen LogP contribution in [-0.4, -0.2) is 14.5 Å². The zero-order valence-electron chi connectivity index (χ0n) is 23.5. The van der Waals surface area contributed by atoms with Gasteiger partial charge in [-0.15, -0.1) is 0 Å². The van der Waals surface area contributed by atoms with E-state index in [2.05, 4.69) is 134 Å². The van der Waals surface area contributed by atoms with Crippen molar-refractivity contribution in [1.29, 1.82) is 0 Å². The van der Waals surface area contributed by atoms with Gasteiger partial charge < -0.3 is 0 Å². The summed E-state index contributed by atoms with van der Waals surface area (Å²) in [5.74, 6) is 0.692. The smallest absolute Gasteiger partial charge is 0.235 e. The molecule has 9 rings (SSSR count). The van der Waals surface area contributed by atoms with Crippen molar-refractivity contribution in [3.05, 3.63) is 139 Å². The maximum absolute atomic E-state index is 5.17. The summed E-state index contributed by atoms with van der Waals surface area (Å²) in [5, 5.41) is 6.15. The SMILES string of the molecule is CC1(C)c2ccc3ccccc3c2-c2ccc3c(c21)c1ccccc1n3-c1ncc2ccc(-c3ccccc3)cc2n1. The molecule has 0 spiro atoms. The summed E-state index contributed by atoms with van der Waals surface area (Å²) in [6.45, 7) is 4.74. The maximum Gasteiger partial charge on any atom is 0.235 e. The number of rotatable bonds is 2. The molecule has 0 radical (unpaired) electrons. The van der Waals surface area contributed by atoms with E-state index in [1.54, 1.807) is 0 Å². The molecule has 42 heavy (non-hydrogen) atoms. The highest BCUT2D eigenvalue weighted by Gasteiger charge is 2.39. The lowest BCUT2D eigenvalue weighted by atomic mass is 9.80. The number of nitrogens with zero attached hydrogens (tertiary/aromatic N) is 3. The topological polar surface area (TPSA) is 30.7 Å². The molecule has 3 nitrogen and oxygen atoms in total. The molecule has 0 amide bonds. The van der Waals surface area contributed by atoms with E-state index in [0.717, 1.165) is 27.5 Å². The van der Waals surface area contributed by atoms with Gasteiger partial charge in [0, 0.05) is 27.8 Å². The Bertz CT molecular complexity index is 2380. The first-order valence-corrected chi connectivity index (χ1v) is 14.5. The number of hydrogen-bond donors (Lipinski definition) is 0. The van der Waals surface area contributed by atoms with E-state index in [-0.39, 0.29) is 5.41 Å². The fourth-order valence-corrected chi connectivity index (χ4v) is 7.28. The molecular weight excluding hydrogens is 510 g/mol. The average Bonchev–Trinajstić information content (AvgIpc) is 3.49. The molecule has 1 aliphatic rings. The van der Waals surface area contributed by atoms with Gasteiger partial charge in [0.15, 0.2) is 0 Å². The van der Waals surface area contributed by atoms with Crippen LogP contribution >= 0.6 is 0 Å². The molecule has 2 heterocycles. The minimum Gasteiger partial charge on any atom is -0.278 e. The van der Waals surface area contributed by atoms with E-state index in [1.165, 1.54) is 49.4 Å². The van der Waals surface area contributed by atoms with Crippen LogP contribution in [-0.2, 0) is 5.41 Å². The van der Waals surface area contributed by atoms with Gasteiger partial charge in [-0.1, -0.05) is 117 Å². The fourth-order valence-electron chi connectivity index (χ4n) is 7.28. The number of aromatic nitrogens is 3. The summed E-state index contributed by atoms with van der Waals surface area (Å²) in [5.41, 5.74) is 10.8. The molecule has 0 fully saturated rings. The lowest BCUT2D eigenvalue weighted by Gasteiger charge is -2.23. The van der Waals surface area contributed by atoms with E-state index in [9.17, 15) is 0 Å². The molecule has 198 valence electrons. The van der Waals surface area contributed by atoms with Crippen molar-refractivity contribution in [2.75, 3.05) is 0 Å². The molecule has 0 unspecified atom stereocenters. The molecule has 0 bridgehead atoms. The second kappa shape index (κ2) is 8.37. The Morgan fingerprint density at radius 2 is 1.38 bits per heavy atom. The van der Waals surface area contributed by atoms with Gasteiger partial charge in [-0.2, -0.15) is 0 Å². The van der Waals surface area contributed by atoms with Gasteiger partial charge in [0.1, 0.15) is 0 Å². The van der Waals surface area contributed by atoms with E-state index in [4.69, 9.17) is 9.97 Å². The Hall–Kier alpha value is -5.28. The van der Waals surface area contributed by atoms with Crippen LogP contribution in [0.5, 0.6) is 0 Å². The molecule has 2 aromatic heterocycles. The molecule has 8 aromatic rings. The third-order valence-corrected chi connectivity index (χ3v) is 9.21. The van der Waals surface area contributed by atoms with Gasteiger partial charge in [0.25, 0.3) is 0 Å². The monoisotopic (exact) mass is 537 g/mol. The molecule has 0 saturated carbocycles. The number of hydrogen-bond acceptors (Lipinski definition) is 2. The molecule has 0 aliphatic heterocycles. The van der Waals surface area contributed by atoms with Crippen LogP contribution in [0.15, 0.2) is 128 Å². The van der Waals surface area contributed by atoms with Crippen LogP contribution in [0.3, 0.4) is 0 Å². The Morgan fingerprint density at radius 1 is 0.619 bits per heavy atom. The molecule has 0 atom stereocenters. The van der Waals surface area contributed by atoms with Gasteiger partial charge in [-0.25, -0.2) is 9.97 Å². The third kappa shape index (κ3) is 3.11. The summed E-state index contributed by atoms with van der Waals surface area (Å²) < 4.78 is 2.25. The van der Waals surface area contributed by atoms with Crippen molar-refractivity contribution >= 4 is 43.5 Å². The lowest BCUT2D eigenvalue weighted by molar-refractivity contribution is 0.667. The van der Waals surface area contributed by atoms with E-state index < -0.39 is 0 Å². The first-order chi connectivity index (χ1) is 20.6. The predicted octanol–water partition coefficient (Wildman–Crippen LogP) is 9.85. The summed E-state index contributed by atoms with van der Waals surface area (Å²) in [6.07, 6.45) is 1.95. The Labute approximate surface area is 243 Å². The standard InChI is InChI=1S/C39H27N3/c1-39(2)31-20-18-25-12-6-7-13-28(25)35(31)30-19-21-34-36(37(30)39)29-14-8-9-15-33(29)42(34)38-40-23-27-17-16-26(22-32(27)41-38)24-10-4-3-5-11-24/h3-23H,1-2H3. The Balaban J connectivity index is 1.34. The zero-order valence-corrected chi connectivity index (χ0v) is 23.5.